The van der Waals surface area contributed by atoms with Gasteiger partial charge < -0.3 is 5.32 Å². The average Bonchev–Trinajstić information content (AvgIpc) is 2.40. The molecule has 1 N–H and O–H groups in total. The van der Waals surface area contributed by atoms with Gasteiger partial charge >= 0.3 is 0 Å². The molecule has 2 rings (SSSR count). The molecule has 0 aromatic heterocycles. The molecule has 18 heavy (non-hydrogen) atoms. The zero-order valence-corrected chi connectivity index (χ0v) is 12.0. The highest BCUT2D eigenvalue weighted by molar-refractivity contribution is 5.03. The van der Waals surface area contributed by atoms with Crippen LogP contribution in [0.2, 0.25) is 0 Å². The predicted octanol–water partition coefficient (Wildman–Crippen LogP) is 2.50. The number of hydrogen-bond acceptors (Lipinski definition) is 2. The van der Waals surface area contributed by atoms with Gasteiger partial charge in [0, 0.05) is 25.7 Å². The summed E-state index contributed by atoms with van der Waals surface area (Å²) >= 11 is 0. The minimum Gasteiger partial charge on any atom is -0.311 e. The molecular formula is C16H28N2. The highest BCUT2D eigenvalue weighted by Crippen LogP contribution is 2.28. The first-order valence-corrected chi connectivity index (χ1v) is 7.66. The first kappa shape index (κ1) is 13.9. The lowest BCUT2D eigenvalue weighted by Crippen LogP contribution is -2.57. The lowest BCUT2D eigenvalue weighted by molar-refractivity contribution is 0.111. The summed E-state index contributed by atoms with van der Waals surface area (Å²) in [5.41, 5.74) is 0. The second-order valence-electron chi connectivity index (χ2n) is 6.31. The molecule has 2 fully saturated rings. The van der Waals surface area contributed by atoms with E-state index in [1.807, 2.05) is 0 Å². The van der Waals surface area contributed by atoms with Crippen molar-refractivity contribution in [2.75, 3.05) is 19.6 Å². The van der Waals surface area contributed by atoms with Gasteiger partial charge in [0.05, 0.1) is 6.04 Å². The monoisotopic (exact) mass is 248 g/mol. The minimum atomic E-state index is 0.318. The van der Waals surface area contributed by atoms with Gasteiger partial charge in [-0.1, -0.05) is 39.0 Å². The summed E-state index contributed by atoms with van der Waals surface area (Å²) in [6.45, 7) is 7.84. The van der Waals surface area contributed by atoms with Gasteiger partial charge in [-0.3, -0.25) is 4.90 Å². The van der Waals surface area contributed by atoms with E-state index in [9.17, 15) is 0 Å². The van der Waals surface area contributed by atoms with Crippen molar-refractivity contribution in [1.29, 1.82) is 0 Å². The Hall–Kier alpha value is -0.520. The molecule has 102 valence electrons. The molecule has 2 unspecified atom stereocenters. The third kappa shape index (κ3) is 3.28. The van der Waals surface area contributed by atoms with E-state index in [4.69, 9.17) is 6.42 Å². The third-order valence-electron chi connectivity index (χ3n) is 4.65. The number of hydrogen-bond donors (Lipinski definition) is 1. The van der Waals surface area contributed by atoms with Crippen LogP contribution in [0.15, 0.2) is 0 Å². The molecule has 0 radical (unpaired) electrons. The van der Waals surface area contributed by atoms with E-state index < -0.39 is 0 Å². The van der Waals surface area contributed by atoms with Crippen LogP contribution in [0.1, 0.15) is 46.0 Å². The summed E-state index contributed by atoms with van der Waals surface area (Å²) < 4.78 is 0. The van der Waals surface area contributed by atoms with Crippen molar-refractivity contribution in [3.05, 3.63) is 0 Å². The summed E-state index contributed by atoms with van der Waals surface area (Å²) in [5, 5.41) is 3.73. The van der Waals surface area contributed by atoms with Gasteiger partial charge in [0.2, 0.25) is 0 Å². The molecule has 0 aromatic rings. The van der Waals surface area contributed by atoms with Crippen molar-refractivity contribution in [2.24, 2.45) is 11.8 Å². The molecule has 1 heterocycles. The van der Waals surface area contributed by atoms with E-state index in [0.717, 1.165) is 25.6 Å². The molecule has 1 saturated heterocycles. The molecule has 2 nitrogen and oxygen atoms in total. The van der Waals surface area contributed by atoms with E-state index in [2.05, 4.69) is 30.0 Å². The fraction of sp³-hybridized carbons (Fsp3) is 0.875. The molecule has 0 bridgehead atoms. The topological polar surface area (TPSA) is 15.3 Å². The quantitative estimate of drug-likeness (QED) is 0.772. The number of piperazine rings is 1. The van der Waals surface area contributed by atoms with Crippen LogP contribution in [0.3, 0.4) is 0 Å². The Bertz CT molecular complexity index is 286. The van der Waals surface area contributed by atoms with Crippen LogP contribution < -0.4 is 5.32 Å². The van der Waals surface area contributed by atoms with E-state index in [-0.39, 0.29) is 0 Å². The minimum absolute atomic E-state index is 0.318. The molecule has 2 aliphatic rings. The number of nitrogens with one attached hydrogen (secondary N) is 1. The largest absolute Gasteiger partial charge is 0.311 e. The van der Waals surface area contributed by atoms with E-state index >= 15 is 0 Å². The summed E-state index contributed by atoms with van der Waals surface area (Å²) in [6.07, 6.45) is 12.8. The third-order valence-corrected chi connectivity index (χ3v) is 4.65. The van der Waals surface area contributed by atoms with Crippen molar-refractivity contribution < 1.29 is 0 Å². The molecule has 2 heteroatoms. The van der Waals surface area contributed by atoms with Crippen LogP contribution in [0.4, 0.5) is 0 Å². The van der Waals surface area contributed by atoms with Crippen LogP contribution in [-0.4, -0.2) is 36.6 Å². The van der Waals surface area contributed by atoms with Crippen molar-refractivity contribution in [1.82, 2.24) is 10.2 Å². The number of rotatable bonds is 3. The Morgan fingerprint density at radius 2 is 1.94 bits per heavy atom. The van der Waals surface area contributed by atoms with Gasteiger partial charge in [-0.05, 0) is 24.7 Å². The molecule has 0 spiro atoms. The summed E-state index contributed by atoms with van der Waals surface area (Å²) in [6, 6.07) is 0.992. The zero-order valence-electron chi connectivity index (χ0n) is 12.0. The second-order valence-corrected chi connectivity index (χ2v) is 6.31. The van der Waals surface area contributed by atoms with Crippen molar-refractivity contribution in [3.63, 3.8) is 0 Å². The van der Waals surface area contributed by atoms with E-state index in [0.29, 0.717) is 18.0 Å². The SMILES string of the molecule is C#CC(C(C)C)N1CCNC(C2CCCCC2)C1. The molecule has 1 aliphatic carbocycles. The summed E-state index contributed by atoms with van der Waals surface area (Å²) in [4.78, 5) is 2.53. The van der Waals surface area contributed by atoms with Crippen LogP contribution in [0, 0.1) is 24.2 Å². The molecule has 0 amide bonds. The lowest BCUT2D eigenvalue weighted by Gasteiger charge is -2.42. The van der Waals surface area contributed by atoms with Gasteiger partial charge in [-0.2, -0.15) is 0 Å². The smallest absolute Gasteiger partial charge is 0.0736 e. The normalized spacial score (nSPS) is 29.1. The Kier molecular flexibility index (Phi) is 5.09. The van der Waals surface area contributed by atoms with Crippen molar-refractivity contribution in [3.8, 4) is 12.3 Å². The average molecular weight is 248 g/mol. The van der Waals surface area contributed by atoms with E-state index in [1.54, 1.807) is 0 Å². The van der Waals surface area contributed by atoms with Gasteiger partial charge in [-0.25, -0.2) is 0 Å². The number of nitrogens with zero attached hydrogens (tertiary/aromatic N) is 1. The Morgan fingerprint density at radius 1 is 1.22 bits per heavy atom. The van der Waals surface area contributed by atoms with Gasteiger partial charge in [-0.15, -0.1) is 6.42 Å². The predicted molar refractivity (Wildman–Crippen MR) is 77.4 cm³/mol. The molecular weight excluding hydrogens is 220 g/mol. The summed E-state index contributed by atoms with van der Waals surface area (Å²) in [7, 11) is 0. The van der Waals surface area contributed by atoms with Crippen LogP contribution >= 0.6 is 0 Å². The van der Waals surface area contributed by atoms with Crippen molar-refractivity contribution >= 4 is 0 Å². The maximum atomic E-state index is 5.72. The van der Waals surface area contributed by atoms with Crippen LogP contribution in [0.5, 0.6) is 0 Å². The highest BCUT2D eigenvalue weighted by atomic mass is 15.2. The lowest BCUT2D eigenvalue weighted by atomic mass is 9.82. The number of terminal acetylenes is 1. The van der Waals surface area contributed by atoms with Gasteiger partial charge in [0.1, 0.15) is 0 Å². The highest BCUT2D eigenvalue weighted by Gasteiger charge is 2.31. The van der Waals surface area contributed by atoms with E-state index in [1.165, 1.54) is 32.1 Å². The van der Waals surface area contributed by atoms with Crippen molar-refractivity contribution in [2.45, 2.75) is 58.0 Å². The first-order chi connectivity index (χ1) is 8.72. The van der Waals surface area contributed by atoms with Crippen LogP contribution in [-0.2, 0) is 0 Å². The zero-order chi connectivity index (χ0) is 13.0. The Morgan fingerprint density at radius 3 is 2.56 bits per heavy atom. The van der Waals surface area contributed by atoms with Gasteiger partial charge in [0.25, 0.3) is 0 Å². The molecule has 2 atom stereocenters. The fourth-order valence-electron chi connectivity index (χ4n) is 3.63. The fourth-order valence-corrected chi connectivity index (χ4v) is 3.63. The standard InChI is InChI=1S/C16H28N2/c1-4-16(13(2)3)18-11-10-17-15(12-18)14-8-6-5-7-9-14/h1,13-17H,5-12H2,2-3H3. The second kappa shape index (κ2) is 6.59. The maximum Gasteiger partial charge on any atom is 0.0736 e. The Balaban J connectivity index is 1.93. The molecule has 0 aromatic carbocycles. The molecule has 1 aliphatic heterocycles. The first-order valence-electron chi connectivity index (χ1n) is 7.66. The Labute approximate surface area is 113 Å². The van der Waals surface area contributed by atoms with Crippen LogP contribution in [0.25, 0.3) is 0 Å². The maximum absolute atomic E-state index is 5.72. The summed E-state index contributed by atoms with van der Waals surface area (Å²) in [5.74, 6) is 4.43. The van der Waals surface area contributed by atoms with Gasteiger partial charge in [0.15, 0.2) is 0 Å². The molecule has 1 saturated carbocycles.